The lowest BCUT2D eigenvalue weighted by molar-refractivity contribution is -0.116. The summed E-state index contributed by atoms with van der Waals surface area (Å²) in [7, 11) is 0. The van der Waals surface area contributed by atoms with Crippen molar-refractivity contribution in [3.63, 3.8) is 0 Å². The van der Waals surface area contributed by atoms with E-state index in [9.17, 15) is 9.59 Å². The molecule has 7 heteroatoms. The molecule has 0 aliphatic rings. The molecular weight excluding hydrogens is 408 g/mol. The summed E-state index contributed by atoms with van der Waals surface area (Å²) in [4.78, 5) is 35.4. The van der Waals surface area contributed by atoms with E-state index >= 15 is 0 Å². The van der Waals surface area contributed by atoms with Crippen LogP contribution in [0.2, 0.25) is 0 Å². The van der Waals surface area contributed by atoms with Gasteiger partial charge in [0.2, 0.25) is 5.91 Å². The number of nitrogens with zero attached hydrogens (tertiary/aromatic N) is 3. The van der Waals surface area contributed by atoms with Crippen LogP contribution in [0.3, 0.4) is 0 Å². The molecule has 0 fully saturated rings. The number of pyridine rings is 1. The SMILES string of the molecule is Cc1ccc(NC(=O)Cn2cnc3c(sc4nc(-c5ccccc5)ccc43)c2=O)cc1. The molecule has 0 radical (unpaired) electrons. The number of fused-ring (bicyclic) bond motifs is 3. The number of anilines is 1. The Kier molecular flexibility index (Phi) is 4.80. The minimum atomic E-state index is -0.280. The fraction of sp³-hybridized carbons (Fsp3) is 0.0833. The molecule has 0 aliphatic carbocycles. The lowest BCUT2D eigenvalue weighted by Crippen LogP contribution is -2.27. The van der Waals surface area contributed by atoms with Crippen molar-refractivity contribution in [1.29, 1.82) is 0 Å². The molecular formula is C24H18N4O2S. The maximum atomic E-state index is 13.0. The van der Waals surface area contributed by atoms with Gasteiger partial charge in [0.25, 0.3) is 5.56 Å². The quantitative estimate of drug-likeness (QED) is 0.455. The fourth-order valence-corrected chi connectivity index (χ4v) is 4.50. The van der Waals surface area contributed by atoms with Crippen LogP contribution in [0, 0.1) is 6.92 Å². The first-order chi connectivity index (χ1) is 15.1. The second kappa shape index (κ2) is 7.77. The smallest absolute Gasteiger partial charge is 0.271 e. The summed E-state index contributed by atoms with van der Waals surface area (Å²) >= 11 is 1.31. The van der Waals surface area contributed by atoms with Gasteiger partial charge in [0, 0.05) is 16.6 Å². The van der Waals surface area contributed by atoms with Gasteiger partial charge in [-0.25, -0.2) is 9.97 Å². The molecule has 0 unspecified atom stereocenters. The Hall–Kier alpha value is -3.84. The first-order valence-electron chi connectivity index (χ1n) is 9.79. The summed E-state index contributed by atoms with van der Waals surface area (Å²) in [6.07, 6.45) is 1.43. The van der Waals surface area contributed by atoms with E-state index in [2.05, 4.69) is 10.3 Å². The Morgan fingerprint density at radius 1 is 1.03 bits per heavy atom. The number of nitrogens with one attached hydrogen (secondary N) is 1. The summed E-state index contributed by atoms with van der Waals surface area (Å²) in [5.74, 6) is -0.280. The van der Waals surface area contributed by atoms with Crippen LogP contribution < -0.4 is 10.9 Å². The standard InChI is InChI=1S/C24H18N4O2S/c1-15-7-9-17(10-8-15)26-20(29)13-28-14-25-21-18-11-12-19(16-5-3-2-4-6-16)27-23(18)31-22(21)24(28)30/h2-12,14H,13H2,1H3,(H,26,29). The molecule has 1 amide bonds. The maximum Gasteiger partial charge on any atom is 0.271 e. The zero-order valence-corrected chi connectivity index (χ0v) is 17.5. The van der Waals surface area contributed by atoms with Crippen molar-refractivity contribution in [3.05, 3.63) is 89.0 Å². The van der Waals surface area contributed by atoms with E-state index in [4.69, 9.17) is 4.98 Å². The van der Waals surface area contributed by atoms with Crippen LogP contribution in [-0.2, 0) is 11.3 Å². The Morgan fingerprint density at radius 3 is 2.58 bits per heavy atom. The van der Waals surface area contributed by atoms with E-state index in [1.807, 2.05) is 73.7 Å². The van der Waals surface area contributed by atoms with Gasteiger partial charge in [-0.1, -0.05) is 48.0 Å². The summed E-state index contributed by atoms with van der Waals surface area (Å²) in [6, 6.07) is 21.3. The number of benzene rings is 2. The summed E-state index contributed by atoms with van der Waals surface area (Å²) < 4.78 is 1.83. The monoisotopic (exact) mass is 426 g/mol. The van der Waals surface area contributed by atoms with Crippen LogP contribution >= 0.6 is 11.3 Å². The van der Waals surface area contributed by atoms with Gasteiger partial charge in [0.05, 0.1) is 17.5 Å². The molecule has 0 bridgehead atoms. The van der Waals surface area contributed by atoms with Crippen molar-refractivity contribution in [1.82, 2.24) is 14.5 Å². The highest BCUT2D eigenvalue weighted by atomic mass is 32.1. The van der Waals surface area contributed by atoms with Crippen LogP contribution in [-0.4, -0.2) is 20.4 Å². The van der Waals surface area contributed by atoms with Gasteiger partial charge in [-0.05, 0) is 31.2 Å². The number of hydrogen-bond donors (Lipinski definition) is 1. The van der Waals surface area contributed by atoms with Crippen molar-refractivity contribution in [2.45, 2.75) is 13.5 Å². The molecule has 5 rings (SSSR count). The van der Waals surface area contributed by atoms with Gasteiger partial charge in [0.1, 0.15) is 16.1 Å². The average Bonchev–Trinajstić information content (AvgIpc) is 3.16. The zero-order valence-electron chi connectivity index (χ0n) is 16.7. The molecule has 0 saturated carbocycles. The van der Waals surface area contributed by atoms with E-state index in [-0.39, 0.29) is 18.0 Å². The molecule has 0 saturated heterocycles. The van der Waals surface area contributed by atoms with E-state index in [0.29, 0.717) is 15.9 Å². The lowest BCUT2D eigenvalue weighted by Gasteiger charge is -2.07. The number of hydrogen-bond acceptors (Lipinski definition) is 5. The minimum absolute atomic E-state index is 0.105. The molecule has 6 nitrogen and oxygen atoms in total. The average molecular weight is 427 g/mol. The van der Waals surface area contributed by atoms with Crippen LogP contribution in [0.1, 0.15) is 5.56 Å². The van der Waals surface area contributed by atoms with Gasteiger partial charge in [0.15, 0.2) is 0 Å². The highest BCUT2D eigenvalue weighted by Gasteiger charge is 2.15. The Morgan fingerprint density at radius 2 is 1.81 bits per heavy atom. The second-order valence-electron chi connectivity index (χ2n) is 7.29. The third-order valence-corrected chi connectivity index (χ3v) is 6.11. The van der Waals surface area contributed by atoms with Crippen molar-refractivity contribution in [2.24, 2.45) is 0 Å². The largest absolute Gasteiger partial charge is 0.325 e. The first-order valence-corrected chi connectivity index (χ1v) is 10.6. The van der Waals surface area contributed by atoms with Crippen LogP contribution in [0.4, 0.5) is 5.69 Å². The predicted molar refractivity (Wildman–Crippen MR) is 124 cm³/mol. The molecule has 0 aliphatic heterocycles. The molecule has 2 aromatic carbocycles. The Balaban J connectivity index is 1.47. The number of amides is 1. The minimum Gasteiger partial charge on any atom is -0.325 e. The van der Waals surface area contributed by atoms with Crippen molar-refractivity contribution in [2.75, 3.05) is 5.32 Å². The summed E-state index contributed by atoms with van der Waals surface area (Å²) in [5.41, 5.74) is 4.04. The molecule has 3 aromatic heterocycles. The molecule has 5 aromatic rings. The van der Waals surface area contributed by atoms with Gasteiger partial charge in [-0.15, -0.1) is 11.3 Å². The van der Waals surface area contributed by atoms with Gasteiger partial charge >= 0.3 is 0 Å². The van der Waals surface area contributed by atoms with E-state index in [1.54, 1.807) is 0 Å². The predicted octanol–water partition coefficient (Wildman–Crippen LogP) is 4.62. The number of aryl methyl sites for hydroxylation is 1. The van der Waals surface area contributed by atoms with Crippen LogP contribution in [0.5, 0.6) is 0 Å². The van der Waals surface area contributed by atoms with Crippen molar-refractivity contribution >= 4 is 43.4 Å². The second-order valence-corrected chi connectivity index (χ2v) is 8.29. The normalized spacial score (nSPS) is 11.1. The van der Waals surface area contributed by atoms with E-state index < -0.39 is 0 Å². The van der Waals surface area contributed by atoms with Crippen LogP contribution in [0.25, 0.3) is 31.7 Å². The third-order valence-electron chi connectivity index (χ3n) is 5.03. The van der Waals surface area contributed by atoms with E-state index in [1.165, 1.54) is 22.2 Å². The lowest BCUT2D eigenvalue weighted by atomic mass is 10.1. The van der Waals surface area contributed by atoms with Gasteiger partial charge < -0.3 is 5.32 Å². The molecule has 152 valence electrons. The molecule has 0 spiro atoms. The maximum absolute atomic E-state index is 13.0. The molecule has 3 heterocycles. The van der Waals surface area contributed by atoms with Crippen LogP contribution in [0.15, 0.2) is 77.9 Å². The first kappa shape index (κ1) is 19.1. The zero-order chi connectivity index (χ0) is 21.4. The fourth-order valence-electron chi connectivity index (χ4n) is 3.42. The third kappa shape index (κ3) is 3.71. The molecule has 0 atom stereocenters. The Bertz CT molecular complexity index is 1470. The Labute approximate surface area is 181 Å². The van der Waals surface area contributed by atoms with E-state index in [0.717, 1.165) is 27.0 Å². The number of thiophene rings is 1. The topological polar surface area (TPSA) is 76.9 Å². The molecule has 31 heavy (non-hydrogen) atoms. The summed E-state index contributed by atoms with van der Waals surface area (Å²) in [5, 5.41) is 3.65. The highest BCUT2D eigenvalue weighted by Crippen LogP contribution is 2.31. The van der Waals surface area contributed by atoms with Gasteiger partial charge in [-0.3, -0.25) is 14.2 Å². The van der Waals surface area contributed by atoms with Crippen molar-refractivity contribution in [3.8, 4) is 11.3 Å². The molecule has 1 N–H and O–H groups in total. The summed E-state index contributed by atoms with van der Waals surface area (Å²) in [6.45, 7) is 1.88. The van der Waals surface area contributed by atoms with Crippen molar-refractivity contribution < 1.29 is 4.79 Å². The number of carbonyl (C=O) groups excluding carboxylic acids is 1. The highest BCUT2D eigenvalue weighted by molar-refractivity contribution is 7.25. The number of aromatic nitrogens is 3. The van der Waals surface area contributed by atoms with Gasteiger partial charge in [-0.2, -0.15) is 0 Å². The number of carbonyl (C=O) groups is 1. The number of rotatable bonds is 4.